The summed E-state index contributed by atoms with van der Waals surface area (Å²) in [6, 6.07) is 15.1. The standard InChI is InChI=1S/C26H35N4O4S2/c1-27-18-20-30(21-19-27)36(33,34)26-11-5-3-9-24(26)23-8-2-4-10-25(23)35(31,32)29-16-12-22(13-17-29)28-14-6-7-15-28/h2-5,8-9,11,22H,6-7,12-21H2,1H3. The van der Waals surface area contributed by atoms with Crippen LogP contribution in [-0.2, 0) is 20.0 Å². The Labute approximate surface area is 215 Å². The van der Waals surface area contributed by atoms with Gasteiger partial charge in [-0.15, -0.1) is 0 Å². The van der Waals surface area contributed by atoms with Gasteiger partial charge in [-0.05, 0) is 51.9 Å². The number of sulfonamides is 2. The molecule has 3 aliphatic heterocycles. The van der Waals surface area contributed by atoms with E-state index in [0.717, 1.165) is 25.9 Å². The highest BCUT2D eigenvalue weighted by Gasteiger charge is 2.35. The molecule has 0 saturated carbocycles. The molecule has 0 atom stereocenters. The van der Waals surface area contributed by atoms with Crippen LogP contribution < -0.4 is 0 Å². The Morgan fingerprint density at radius 3 is 2.03 bits per heavy atom. The Bertz CT molecular complexity index is 1280. The Kier molecular flexibility index (Phi) is 7.54. The molecule has 0 bridgehead atoms. The number of benzene rings is 2. The van der Waals surface area contributed by atoms with E-state index < -0.39 is 20.0 Å². The van der Waals surface area contributed by atoms with E-state index in [1.165, 1.54) is 17.1 Å². The lowest BCUT2D eigenvalue weighted by Crippen LogP contribution is -2.47. The zero-order valence-electron chi connectivity index (χ0n) is 20.8. The van der Waals surface area contributed by atoms with E-state index in [9.17, 15) is 16.8 Å². The van der Waals surface area contributed by atoms with Crippen LogP contribution in [0.5, 0.6) is 0 Å². The van der Waals surface area contributed by atoms with Crippen LogP contribution in [0.15, 0.2) is 52.3 Å². The van der Waals surface area contributed by atoms with Gasteiger partial charge in [0.25, 0.3) is 0 Å². The number of likely N-dealkylation sites (N-methyl/N-ethyl adjacent to an activating group) is 1. The number of hydrogen-bond donors (Lipinski definition) is 0. The SMILES string of the molecule is CN1CCN(S(=O)(=O)c2ccccc2-c2ccc[c]c2S(=O)(=O)N2CCC(N3CCCC3)CC2)CC1. The first-order valence-corrected chi connectivity index (χ1v) is 15.7. The maximum Gasteiger partial charge on any atom is 0.244 e. The summed E-state index contributed by atoms with van der Waals surface area (Å²) in [5, 5.41) is 0. The molecule has 0 aliphatic carbocycles. The second kappa shape index (κ2) is 10.5. The van der Waals surface area contributed by atoms with E-state index >= 15 is 0 Å². The molecule has 0 spiro atoms. The topological polar surface area (TPSA) is 81.2 Å². The molecule has 3 fully saturated rings. The largest absolute Gasteiger partial charge is 0.304 e. The van der Waals surface area contributed by atoms with Crippen molar-refractivity contribution in [1.29, 1.82) is 0 Å². The predicted molar refractivity (Wildman–Crippen MR) is 140 cm³/mol. The molecule has 0 N–H and O–H groups in total. The van der Waals surface area contributed by atoms with Crippen LogP contribution in [0, 0.1) is 6.07 Å². The minimum atomic E-state index is -3.84. The molecule has 2 aromatic rings. The van der Waals surface area contributed by atoms with Crippen LogP contribution in [0.1, 0.15) is 25.7 Å². The van der Waals surface area contributed by atoms with Gasteiger partial charge < -0.3 is 9.80 Å². The van der Waals surface area contributed by atoms with Gasteiger partial charge in [0.2, 0.25) is 20.0 Å². The zero-order chi connectivity index (χ0) is 25.3. The van der Waals surface area contributed by atoms with Crippen LogP contribution >= 0.6 is 0 Å². The van der Waals surface area contributed by atoms with Crippen molar-refractivity contribution < 1.29 is 16.8 Å². The van der Waals surface area contributed by atoms with Gasteiger partial charge in [0.1, 0.15) is 0 Å². The first-order chi connectivity index (χ1) is 17.3. The summed E-state index contributed by atoms with van der Waals surface area (Å²) in [4.78, 5) is 4.77. The number of nitrogens with zero attached hydrogens (tertiary/aromatic N) is 4. The lowest BCUT2D eigenvalue weighted by molar-refractivity contribution is 0.168. The fourth-order valence-corrected chi connectivity index (χ4v) is 8.86. The molecule has 5 rings (SSSR count). The summed E-state index contributed by atoms with van der Waals surface area (Å²) >= 11 is 0. The van der Waals surface area contributed by atoms with E-state index in [2.05, 4.69) is 15.9 Å². The Morgan fingerprint density at radius 1 is 0.722 bits per heavy atom. The number of rotatable bonds is 6. The smallest absolute Gasteiger partial charge is 0.244 e. The predicted octanol–water partition coefficient (Wildman–Crippen LogP) is 2.34. The Hall–Kier alpha value is -1.82. The molecule has 3 heterocycles. The lowest BCUT2D eigenvalue weighted by atomic mass is 10.1. The average molecular weight is 532 g/mol. The van der Waals surface area contributed by atoms with Crippen LogP contribution in [-0.4, -0.2) is 101 Å². The molecule has 10 heteroatoms. The van der Waals surface area contributed by atoms with E-state index in [0.29, 0.717) is 56.4 Å². The molecule has 8 nitrogen and oxygen atoms in total. The highest BCUT2D eigenvalue weighted by Crippen LogP contribution is 2.36. The van der Waals surface area contributed by atoms with Crippen LogP contribution in [0.3, 0.4) is 0 Å². The fourth-order valence-electron chi connectivity index (χ4n) is 5.61. The maximum absolute atomic E-state index is 13.8. The maximum atomic E-state index is 13.8. The first kappa shape index (κ1) is 25.8. The third-order valence-corrected chi connectivity index (χ3v) is 11.6. The first-order valence-electron chi connectivity index (χ1n) is 12.8. The molecule has 0 amide bonds. The van der Waals surface area contributed by atoms with Gasteiger partial charge in [0, 0.05) is 62.5 Å². The van der Waals surface area contributed by atoms with Crippen molar-refractivity contribution in [2.45, 2.75) is 41.5 Å². The molecule has 0 unspecified atom stereocenters. The second-order valence-electron chi connectivity index (χ2n) is 9.99. The quantitative estimate of drug-likeness (QED) is 0.569. The van der Waals surface area contributed by atoms with Crippen molar-refractivity contribution in [3.8, 4) is 11.1 Å². The summed E-state index contributed by atoms with van der Waals surface area (Å²) in [5.74, 6) is 0. The summed E-state index contributed by atoms with van der Waals surface area (Å²) in [6.07, 6.45) is 4.07. The molecule has 3 saturated heterocycles. The van der Waals surface area contributed by atoms with Gasteiger partial charge in [-0.2, -0.15) is 8.61 Å². The lowest BCUT2D eigenvalue weighted by Gasteiger charge is -2.36. The van der Waals surface area contributed by atoms with Gasteiger partial charge >= 0.3 is 0 Å². The second-order valence-corrected chi connectivity index (χ2v) is 13.8. The van der Waals surface area contributed by atoms with Crippen LogP contribution in [0.4, 0.5) is 0 Å². The summed E-state index contributed by atoms with van der Waals surface area (Å²) in [5.41, 5.74) is 0.784. The van der Waals surface area contributed by atoms with Crippen LogP contribution in [0.2, 0.25) is 0 Å². The molecule has 2 aromatic carbocycles. The number of hydrogen-bond acceptors (Lipinski definition) is 6. The van der Waals surface area contributed by atoms with E-state index in [1.54, 1.807) is 46.8 Å². The van der Waals surface area contributed by atoms with Crippen molar-refractivity contribution in [3.63, 3.8) is 0 Å². The third kappa shape index (κ3) is 4.99. The molecule has 36 heavy (non-hydrogen) atoms. The van der Waals surface area contributed by atoms with E-state index in [-0.39, 0.29) is 9.79 Å². The molecular weight excluding hydrogens is 496 g/mol. The Balaban J connectivity index is 1.45. The highest BCUT2D eigenvalue weighted by atomic mass is 32.2. The van der Waals surface area contributed by atoms with Crippen molar-refractivity contribution in [1.82, 2.24) is 18.4 Å². The zero-order valence-corrected chi connectivity index (χ0v) is 22.5. The van der Waals surface area contributed by atoms with Crippen molar-refractivity contribution in [3.05, 3.63) is 48.5 Å². The molecule has 3 aliphatic rings. The monoisotopic (exact) mass is 531 g/mol. The third-order valence-electron chi connectivity index (χ3n) is 7.75. The molecule has 0 aromatic heterocycles. The van der Waals surface area contributed by atoms with Crippen LogP contribution in [0.25, 0.3) is 11.1 Å². The normalized spacial score (nSPS) is 22.2. The van der Waals surface area contributed by atoms with Gasteiger partial charge in [0.05, 0.1) is 9.79 Å². The minimum Gasteiger partial charge on any atom is -0.304 e. The minimum absolute atomic E-state index is 0.0469. The fraction of sp³-hybridized carbons (Fsp3) is 0.538. The molecule has 195 valence electrons. The summed E-state index contributed by atoms with van der Waals surface area (Å²) in [6.45, 7) is 5.27. The van der Waals surface area contributed by atoms with Gasteiger partial charge in [-0.1, -0.05) is 36.4 Å². The molecular formula is C26H35N4O4S2. The van der Waals surface area contributed by atoms with Crippen molar-refractivity contribution >= 4 is 20.0 Å². The average Bonchev–Trinajstić information content (AvgIpc) is 3.44. The Morgan fingerprint density at radius 2 is 1.33 bits per heavy atom. The highest BCUT2D eigenvalue weighted by molar-refractivity contribution is 7.89. The van der Waals surface area contributed by atoms with Gasteiger partial charge in [0.15, 0.2) is 0 Å². The van der Waals surface area contributed by atoms with Crippen molar-refractivity contribution in [2.75, 3.05) is 59.4 Å². The number of piperidine rings is 1. The van der Waals surface area contributed by atoms with Gasteiger partial charge in [-0.25, -0.2) is 16.8 Å². The van der Waals surface area contributed by atoms with Crippen molar-refractivity contribution in [2.24, 2.45) is 0 Å². The summed E-state index contributed by atoms with van der Waals surface area (Å²) in [7, 11) is -5.65. The van der Waals surface area contributed by atoms with E-state index in [1.807, 2.05) is 7.05 Å². The molecule has 1 radical (unpaired) electrons. The number of likely N-dealkylation sites (tertiary alicyclic amines) is 1. The number of piperazine rings is 1. The van der Waals surface area contributed by atoms with Gasteiger partial charge in [-0.3, -0.25) is 0 Å². The van der Waals surface area contributed by atoms with E-state index in [4.69, 9.17) is 0 Å². The summed E-state index contributed by atoms with van der Waals surface area (Å²) < 4.78 is 58.0.